The topological polar surface area (TPSA) is 64.1 Å². The molecule has 5 nitrogen and oxygen atoms in total. The maximum Gasteiger partial charge on any atom is 0.226 e. The summed E-state index contributed by atoms with van der Waals surface area (Å²) < 4.78 is 11.5. The number of rotatable bonds is 5. The number of halogens is 5. The van der Waals surface area contributed by atoms with E-state index in [1.165, 1.54) is 13.3 Å². The van der Waals surface area contributed by atoms with Crippen LogP contribution in [0.2, 0.25) is 25.4 Å². The van der Waals surface area contributed by atoms with Crippen LogP contribution in [-0.2, 0) is 5.11 Å². The van der Waals surface area contributed by atoms with Crippen molar-refractivity contribution < 1.29 is 14.6 Å². The molecule has 0 saturated heterocycles. The predicted octanol–water partition coefficient (Wildman–Crippen LogP) is 9.64. The Morgan fingerprint density at radius 1 is 0.857 bits per heavy atom. The van der Waals surface area contributed by atoms with Crippen molar-refractivity contribution in [2.75, 3.05) is 7.11 Å². The Labute approximate surface area is 227 Å². The fourth-order valence-electron chi connectivity index (χ4n) is 3.57. The summed E-state index contributed by atoms with van der Waals surface area (Å²) in [5.74, 6) is 0.132. The molecule has 0 fully saturated rings. The van der Waals surface area contributed by atoms with E-state index in [1.807, 2.05) is 0 Å². The second kappa shape index (κ2) is 10.3. The summed E-state index contributed by atoms with van der Waals surface area (Å²) in [6, 6.07) is 9.92. The molecule has 0 saturated carbocycles. The lowest BCUT2D eigenvalue weighted by molar-refractivity contribution is 0.326. The van der Waals surface area contributed by atoms with Gasteiger partial charge < -0.3 is 9.47 Å². The third-order valence-corrected chi connectivity index (χ3v) is 7.05. The van der Waals surface area contributed by atoms with Crippen molar-refractivity contribution in [1.82, 2.24) is 9.97 Å². The quantitative estimate of drug-likeness (QED) is 0.225. The molecule has 1 radical (unpaired) electrons. The van der Waals surface area contributed by atoms with E-state index in [-0.39, 0.29) is 48.7 Å². The van der Waals surface area contributed by atoms with E-state index in [1.54, 1.807) is 50.2 Å². The number of methoxy groups -OCH3 is 1. The maximum absolute atomic E-state index is 13.6. The van der Waals surface area contributed by atoms with Crippen LogP contribution < -0.4 is 9.47 Å². The molecule has 0 aliphatic heterocycles. The first-order valence-corrected chi connectivity index (χ1v) is 12.0. The van der Waals surface area contributed by atoms with Gasteiger partial charge in [-0.1, -0.05) is 64.1 Å². The fraction of sp³-hybridized carbons (Fsp3) is 0.120. The summed E-state index contributed by atoms with van der Waals surface area (Å²) in [6.07, 6.45) is 1.45. The minimum atomic E-state index is -0.448. The lowest BCUT2D eigenvalue weighted by Gasteiger charge is -2.22. The van der Waals surface area contributed by atoms with Crippen LogP contribution in [0.5, 0.6) is 23.1 Å². The van der Waals surface area contributed by atoms with Gasteiger partial charge in [0.05, 0.1) is 17.2 Å². The summed E-state index contributed by atoms with van der Waals surface area (Å²) in [7, 11) is 1.46. The van der Waals surface area contributed by atoms with Crippen molar-refractivity contribution in [3.8, 4) is 45.4 Å². The SMILES string of the molecule is COc1cc(-c2c(Cl)c(C)c([O])c(Oc3cccc(Cl)c3C)c2-c2c(Cl)ccnc2Cl)cc(Cl)n1. The van der Waals surface area contributed by atoms with Gasteiger partial charge in [-0.3, -0.25) is 5.11 Å². The van der Waals surface area contributed by atoms with Gasteiger partial charge in [-0.05, 0) is 43.7 Å². The van der Waals surface area contributed by atoms with Gasteiger partial charge in [-0.2, -0.15) is 0 Å². The van der Waals surface area contributed by atoms with Crippen LogP contribution in [0.25, 0.3) is 22.3 Å². The van der Waals surface area contributed by atoms with E-state index in [2.05, 4.69) is 9.97 Å². The highest BCUT2D eigenvalue weighted by atomic mass is 35.5. The number of ether oxygens (including phenoxy) is 2. The van der Waals surface area contributed by atoms with Crippen molar-refractivity contribution in [1.29, 1.82) is 0 Å². The molecule has 0 N–H and O–H groups in total. The maximum atomic E-state index is 13.6. The molecule has 35 heavy (non-hydrogen) atoms. The molecule has 10 heteroatoms. The molecule has 0 amide bonds. The van der Waals surface area contributed by atoms with E-state index in [4.69, 9.17) is 67.5 Å². The molecule has 2 aromatic heterocycles. The normalized spacial score (nSPS) is 11.0. The largest absolute Gasteiger partial charge is 0.481 e. The number of hydrogen-bond acceptors (Lipinski definition) is 4. The number of hydrogen-bond donors (Lipinski definition) is 0. The Morgan fingerprint density at radius 2 is 1.60 bits per heavy atom. The van der Waals surface area contributed by atoms with Crippen LogP contribution in [0.4, 0.5) is 0 Å². The van der Waals surface area contributed by atoms with Crippen LogP contribution in [0.3, 0.4) is 0 Å². The minimum Gasteiger partial charge on any atom is -0.481 e. The third kappa shape index (κ3) is 4.84. The van der Waals surface area contributed by atoms with E-state index in [0.717, 1.165) is 0 Å². The number of aromatic nitrogens is 2. The van der Waals surface area contributed by atoms with Gasteiger partial charge in [0.1, 0.15) is 16.1 Å². The monoisotopic (exact) mass is 567 g/mol. The van der Waals surface area contributed by atoms with Gasteiger partial charge in [0.25, 0.3) is 0 Å². The molecule has 0 unspecified atom stereocenters. The molecule has 0 spiro atoms. The smallest absolute Gasteiger partial charge is 0.226 e. The van der Waals surface area contributed by atoms with Crippen LogP contribution in [0, 0.1) is 13.8 Å². The minimum absolute atomic E-state index is 0.0454. The lowest BCUT2D eigenvalue weighted by Crippen LogP contribution is -1.99. The molecule has 4 aromatic rings. The van der Waals surface area contributed by atoms with Crippen LogP contribution >= 0.6 is 58.0 Å². The van der Waals surface area contributed by atoms with Gasteiger partial charge in [-0.15, -0.1) is 0 Å². The van der Waals surface area contributed by atoms with E-state index in [0.29, 0.717) is 27.5 Å². The second-order valence-corrected chi connectivity index (χ2v) is 9.43. The van der Waals surface area contributed by atoms with Crippen LogP contribution in [0.1, 0.15) is 11.1 Å². The Hall–Kier alpha value is -2.41. The fourth-order valence-corrected chi connectivity index (χ4v) is 4.77. The van der Waals surface area contributed by atoms with Gasteiger partial charge in [0.2, 0.25) is 11.6 Å². The van der Waals surface area contributed by atoms with Gasteiger partial charge in [0, 0.05) is 45.1 Å². The molecular formula is C25H16Cl5N2O3. The van der Waals surface area contributed by atoms with Crippen molar-refractivity contribution in [2.24, 2.45) is 0 Å². The summed E-state index contributed by atoms with van der Waals surface area (Å²) in [4.78, 5) is 8.28. The lowest BCUT2D eigenvalue weighted by atomic mass is 9.92. The first kappa shape index (κ1) is 25.7. The van der Waals surface area contributed by atoms with Crippen molar-refractivity contribution >= 4 is 58.0 Å². The zero-order valence-corrected chi connectivity index (χ0v) is 22.3. The molecule has 4 rings (SSSR count). The highest BCUT2D eigenvalue weighted by molar-refractivity contribution is 6.40. The average Bonchev–Trinajstić information content (AvgIpc) is 2.82. The first-order chi connectivity index (χ1) is 16.6. The predicted molar refractivity (Wildman–Crippen MR) is 141 cm³/mol. The van der Waals surface area contributed by atoms with E-state index < -0.39 is 5.75 Å². The van der Waals surface area contributed by atoms with Gasteiger partial charge in [0.15, 0.2) is 5.75 Å². The number of benzene rings is 2. The number of pyridine rings is 2. The average molecular weight is 570 g/mol. The van der Waals surface area contributed by atoms with Crippen molar-refractivity contribution in [3.05, 3.63) is 79.1 Å². The molecule has 0 aliphatic carbocycles. The van der Waals surface area contributed by atoms with Crippen molar-refractivity contribution in [3.63, 3.8) is 0 Å². The Bertz CT molecular complexity index is 1440. The van der Waals surface area contributed by atoms with E-state index >= 15 is 0 Å². The zero-order valence-electron chi connectivity index (χ0n) is 18.6. The zero-order chi connectivity index (χ0) is 25.4. The highest BCUT2D eigenvalue weighted by Gasteiger charge is 2.30. The molecule has 0 aliphatic rings. The molecule has 0 bridgehead atoms. The molecular weight excluding hydrogens is 554 g/mol. The van der Waals surface area contributed by atoms with Gasteiger partial charge >= 0.3 is 0 Å². The number of nitrogens with zero attached hydrogens (tertiary/aromatic N) is 2. The summed E-state index contributed by atoms with van der Waals surface area (Å²) in [5.41, 5.74) is 2.32. The molecule has 0 atom stereocenters. The summed E-state index contributed by atoms with van der Waals surface area (Å²) >= 11 is 32.4. The summed E-state index contributed by atoms with van der Waals surface area (Å²) in [6.45, 7) is 3.38. The first-order valence-electron chi connectivity index (χ1n) is 10.1. The van der Waals surface area contributed by atoms with Crippen molar-refractivity contribution in [2.45, 2.75) is 13.8 Å². The molecule has 2 aromatic carbocycles. The molecule has 2 heterocycles. The van der Waals surface area contributed by atoms with Crippen LogP contribution in [0.15, 0.2) is 42.6 Å². The third-order valence-electron chi connectivity index (χ3n) is 5.37. The van der Waals surface area contributed by atoms with Crippen LogP contribution in [-0.4, -0.2) is 17.1 Å². The van der Waals surface area contributed by atoms with Gasteiger partial charge in [-0.25, -0.2) is 9.97 Å². The molecule has 179 valence electrons. The summed E-state index contributed by atoms with van der Waals surface area (Å²) in [5, 5.41) is 14.7. The highest BCUT2D eigenvalue weighted by Crippen LogP contribution is 2.55. The Morgan fingerprint density at radius 3 is 2.29 bits per heavy atom. The van der Waals surface area contributed by atoms with E-state index in [9.17, 15) is 5.11 Å². The Kier molecular flexibility index (Phi) is 7.55. The standard InChI is InChI=1S/C25H16Cl5N2O3/c1-11-14(26)5-4-6-16(11)35-24-21(20-15(27)7-8-31-25(20)30)19(22(29)12(2)23(24)33)13-9-17(28)32-18(10-13)34-3/h4-10H,1-3H3. The Balaban J connectivity index is 2.16. The second-order valence-electron chi connectivity index (χ2n) is 7.49.